The van der Waals surface area contributed by atoms with Crippen LogP contribution in [0, 0.1) is 17.8 Å². The number of carbonyl (C=O) groups excluding carboxylic acids is 1. The van der Waals surface area contributed by atoms with E-state index in [9.17, 15) is 4.79 Å². The van der Waals surface area contributed by atoms with E-state index in [1.165, 1.54) is 6.42 Å². The molecule has 94 valence electrons. The Morgan fingerprint density at radius 3 is 2.38 bits per heavy atom. The molecule has 1 aliphatic rings. The molecule has 0 aliphatic heterocycles. The predicted octanol–water partition coefficient (Wildman–Crippen LogP) is 3.36. The third-order valence-electron chi connectivity index (χ3n) is 3.37. The molecule has 0 aromatic carbocycles. The molecule has 0 heterocycles. The van der Waals surface area contributed by atoms with Gasteiger partial charge in [0.25, 0.3) is 0 Å². The van der Waals surface area contributed by atoms with E-state index in [2.05, 4.69) is 19.2 Å². The van der Waals surface area contributed by atoms with Gasteiger partial charge in [-0.3, -0.25) is 4.79 Å². The normalized spacial score (nSPS) is 26.3. The van der Waals surface area contributed by atoms with Crippen LogP contribution in [-0.2, 0) is 4.79 Å². The van der Waals surface area contributed by atoms with Crippen molar-refractivity contribution in [2.45, 2.75) is 65.8 Å². The minimum absolute atomic E-state index is 0.0990. The van der Waals surface area contributed by atoms with E-state index in [0.717, 1.165) is 31.1 Å². The van der Waals surface area contributed by atoms with Crippen molar-refractivity contribution in [3.63, 3.8) is 0 Å². The average Bonchev–Trinajstić information content (AvgIpc) is 2.78. The fourth-order valence-electron chi connectivity index (χ4n) is 2.27. The zero-order valence-electron chi connectivity index (χ0n) is 11.5. The van der Waals surface area contributed by atoms with Gasteiger partial charge in [-0.25, -0.2) is 0 Å². The molecule has 1 rings (SSSR count). The summed E-state index contributed by atoms with van der Waals surface area (Å²) in [5.74, 6) is 2.15. The third-order valence-corrected chi connectivity index (χ3v) is 3.37. The van der Waals surface area contributed by atoms with Crippen LogP contribution in [0.3, 0.4) is 0 Å². The van der Waals surface area contributed by atoms with Crippen LogP contribution in [0.2, 0.25) is 0 Å². The molecule has 0 saturated heterocycles. The number of hydrogen-bond donors (Lipinski definition) is 1. The Morgan fingerprint density at radius 2 is 2.00 bits per heavy atom. The van der Waals surface area contributed by atoms with E-state index in [1.54, 1.807) is 0 Å². The maximum atomic E-state index is 12.1. The smallest absolute Gasteiger partial charge is 0.223 e. The first kappa shape index (κ1) is 13.5. The van der Waals surface area contributed by atoms with Crippen LogP contribution in [0.1, 0.15) is 60.3 Å². The summed E-state index contributed by atoms with van der Waals surface area (Å²) in [5.41, 5.74) is -0.0990. The molecule has 1 saturated carbocycles. The Bertz CT molecular complexity index is 242. The molecule has 3 atom stereocenters. The first-order valence-electron chi connectivity index (χ1n) is 6.65. The molecule has 1 N–H and O–H groups in total. The van der Waals surface area contributed by atoms with Crippen LogP contribution in [0.5, 0.6) is 0 Å². The summed E-state index contributed by atoms with van der Waals surface area (Å²) in [6, 6.07) is 0. The first-order valence-corrected chi connectivity index (χ1v) is 6.65. The van der Waals surface area contributed by atoms with E-state index in [0.29, 0.717) is 0 Å². The zero-order chi connectivity index (χ0) is 12.3. The van der Waals surface area contributed by atoms with Crippen LogP contribution in [0.25, 0.3) is 0 Å². The van der Waals surface area contributed by atoms with Gasteiger partial charge in [-0.1, -0.05) is 20.3 Å². The largest absolute Gasteiger partial charge is 0.351 e. The maximum Gasteiger partial charge on any atom is 0.223 e. The Morgan fingerprint density at radius 1 is 1.44 bits per heavy atom. The lowest BCUT2D eigenvalue weighted by Crippen LogP contribution is -2.44. The molecule has 2 heteroatoms. The maximum absolute atomic E-state index is 12.1. The highest BCUT2D eigenvalue weighted by molar-refractivity contribution is 5.79. The highest BCUT2D eigenvalue weighted by Crippen LogP contribution is 2.43. The van der Waals surface area contributed by atoms with Crippen LogP contribution in [0.4, 0.5) is 0 Å². The Labute approximate surface area is 100 Å². The van der Waals surface area contributed by atoms with Crippen LogP contribution in [0.15, 0.2) is 0 Å². The lowest BCUT2D eigenvalue weighted by Gasteiger charge is -2.25. The topological polar surface area (TPSA) is 29.1 Å². The standard InChI is InChI=1S/C14H27NO/c1-6-7-11(9-12-8-10(12)2)13(16)15-14(3,4)5/h10-12H,6-9H2,1-5H3,(H,15,16). The van der Waals surface area contributed by atoms with E-state index >= 15 is 0 Å². The van der Waals surface area contributed by atoms with Crippen molar-refractivity contribution >= 4 is 5.91 Å². The lowest BCUT2D eigenvalue weighted by atomic mass is 9.94. The summed E-state index contributed by atoms with van der Waals surface area (Å²) in [4.78, 5) is 12.1. The van der Waals surface area contributed by atoms with Crippen molar-refractivity contribution in [1.82, 2.24) is 5.32 Å². The summed E-state index contributed by atoms with van der Waals surface area (Å²) in [5, 5.41) is 3.11. The summed E-state index contributed by atoms with van der Waals surface area (Å²) in [6.07, 6.45) is 4.55. The van der Waals surface area contributed by atoms with Crippen molar-refractivity contribution in [1.29, 1.82) is 0 Å². The number of rotatable bonds is 5. The second kappa shape index (κ2) is 5.20. The fourth-order valence-corrected chi connectivity index (χ4v) is 2.27. The summed E-state index contributed by atoms with van der Waals surface area (Å²) in [6.45, 7) is 10.6. The Kier molecular flexibility index (Phi) is 4.40. The molecule has 0 aromatic rings. The monoisotopic (exact) mass is 225 g/mol. The molecule has 3 unspecified atom stereocenters. The SMILES string of the molecule is CCCC(CC1CC1C)C(=O)NC(C)(C)C. The minimum atomic E-state index is -0.0990. The van der Waals surface area contributed by atoms with Gasteiger partial charge in [0.1, 0.15) is 0 Å². The van der Waals surface area contributed by atoms with Gasteiger partial charge in [-0.05, 0) is 51.9 Å². The first-order chi connectivity index (χ1) is 7.33. The Hall–Kier alpha value is -0.530. The lowest BCUT2D eigenvalue weighted by molar-refractivity contribution is -0.127. The van der Waals surface area contributed by atoms with E-state index in [1.807, 2.05) is 20.8 Å². The number of nitrogens with one attached hydrogen (secondary N) is 1. The van der Waals surface area contributed by atoms with E-state index in [4.69, 9.17) is 0 Å². The van der Waals surface area contributed by atoms with Crippen LogP contribution in [-0.4, -0.2) is 11.4 Å². The predicted molar refractivity (Wildman–Crippen MR) is 68.2 cm³/mol. The minimum Gasteiger partial charge on any atom is -0.351 e. The molecule has 0 radical (unpaired) electrons. The molecule has 1 fully saturated rings. The Balaban J connectivity index is 2.45. The van der Waals surface area contributed by atoms with Gasteiger partial charge in [-0.15, -0.1) is 0 Å². The molecule has 2 nitrogen and oxygen atoms in total. The van der Waals surface area contributed by atoms with Crippen molar-refractivity contribution in [3.8, 4) is 0 Å². The van der Waals surface area contributed by atoms with Gasteiger partial charge >= 0.3 is 0 Å². The summed E-state index contributed by atoms with van der Waals surface area (Å²) < 4.78 is 0. The van der Waals surface area contributed by atoms with Crippen molar-refractivity contribution in [2.24, 2.45) is 17.8 Å². The van der Waals surface area contributed by atoms with Gasteiger partial charge in [-0.2, -0.15) is 0 Å². The molecule has 16 heavy (non-hydrogen) atoms. The van der Waals surface area contributed by atoms with Crippen LogP contribution < -0.4 is 5.32 Å². The van der Waals surface area contributed by atoms with Gasteiger partial charge in [0, 0.05) is 11.5 Å². The van der Waals surface area contributed by atoms with E-state index < -0.39 is 0 Å². The molecule has 1 aliphatic carbocycles. The number of hydrogen-bond acceptors (Lipinski definition) is 1. The summed E-state index contributed by atoms with van der Waals surface area (Å²) in [7, 11) is 0. The van der Waals surface area contributed by atoms with Crippen molar-refractivity contribution in [3.05, 3.63) is 0 Å². The second-order valence-electron chi connectivity index (χ2n) is 6.43. The van der Waals surface area contributed by atoms with Gasteiger partial charge in [0.15, 0.2) is 0 Å². The molecule has 0 aromatic heterocycles. The average molecular weight is 225 g/mol. The molecule has 0 bridgehead atoms. The summed E-state index contributed by atoms with van der Waals surface area (Å²) >= 11 is 0. The molecular weight excluding hydrogens is 198 g/mol. The van der Waals surface area contributed by atoms with Crippen molar-refractivity contribution in [2.75, 3.05) is 0 Å². The van der Waals surface area contributed by atoms with Crippen LogP contribution >= 0.6 is 0 Å². The van der Waals surface area contributed by atoms with Crippen molar-refractivity contribution < 1.29 is 4.79 Å². The van der Waals surface area contributed by atoms with Gasteiger partial charge in [0.05, 0.1) is 0 Å². The van der Waals surface area contributed by atoms with E-state index in [-0.39, 0.29) is 17.4 Å². The van der Waals surface area contributed by atoms with Gasteiger partial charge in [0.2, 0.25) is 5.91 Å². The number of carbonyl (C=O) groups is 1. The van der Waals surface area contributed by atoms with Gasteiger partial charge < -0.3 is 5.32 Å². The second-order valence-corrected chi connectivity index (χ2v) is 6.43. The number of amides is 1. The third kappa shape index (κ3) is 4.54. The molecule has 0 spiro atoms. The highest BCUT2D eigenvalue weighted by atomic mass is 16.2. The molecular formula is C14H27NO. The quantitative estimate of drug-likeness (QED) is 0.763. The zero-order valence-corrected chi connectivity index (χ0v) is 11.5. The molecule has 1 amide bonds. The fraction of sp³-hybridized carbons (Fsp3) is 0.929. The highest BCUT2D eigenvalue weighted by Gasteiger charge is 2.36.